The number of nitrogens with one attached hydrogen (secondary N) is 1. The van der Waals surface area contributed by atoms with Crippen LogP contribution >= 0.6 is 11.6 Å². The highest BCUT2D eigenvalue weighted by Crippen LogP contribution is 2.28. The van der Waals surface area contributed by atoms with E-state index in [-0.39, 0.29) is 29.1 Å². The predicted molar refractivity (Wildman–Crippen MR) is 158 cm³/mol. The first-order valence-corrected chi connectivity index (χ1v) is 14.9. The molecule has 40 heavy (non-hydrogen) atoms. The summed E-state index contributed by atoms with van der Waals surface area (Å²) in [5.41, 5.74) is 1.80. The number of anilines is 1. The fourth-order valence-electron chi connectivity index (χ4n) is 4.24. The van der Waals surface area contributed by atoms with Gasteiger partial charge in [0.15, 0.2) is 0 Å². The summed E-state index contributed by atoms with van der Waals surface area (Å²) in [5.74, 6) is -0.443. The Morgan fingerprint density at radius 3 is 2.27 bits per heavy atom. The summed E-state index contributed by atoms with van der Waals surface area (Å²) in [6, 6.07) is 19.0. The summed E-state index contributed by atoms with van der Waals surface area (Å²) < 4.78 is 34.3. The third-order valence-electron chi connectivity index (χ3n) is 6.34. The van der Waals surface area contributed by atoms with Gasteiger partial charge in [0.25, 0.3) is 10.0 Å². The van der Waals surface area contributed by atoms with Crippen molar-refractivity contribution in [2.45, 2.75) is 57.6 Å². The maximum absolute atomic E-state index is 14.1. The van der Waals surface area contributed by atoms with Gasteiger partial charge in [0.1, 0.15) is 18.3 Å². The molecule has 3 aromatic rings. The molecule has 2 amide bonds. The van der Waals surface area contributed by atoms with Crippen molar-refractivity contribution in [1.82, 2.24) is 10.2 Å². The first-order chi connectivity index (χ1) is 19.0. The lowest BCUT2D eigenvalue weighted by atomic mass is 10.1. The van der Waals surface area contributed by atoms with Gasteiger partial charge in [-0.3, -0.25) is 13.9 Å². The number of hydrogen-bond acceptors (Lipinski definition) is 5. The van der Waals surface area contributed by atoms with Crippen LogP contribution in [0.4, 0.5) is 5.69 Å². The van der Waals surface area contributed by atoms with E-state index in [2.05, 4.69) is 5.32 Å². The summed E-state index contributed by atoms with van der Waals surface area (Å²) in [6.07, 6.45) is 0.318. The Hall–Kier alpha value is -3.56. The molecule has 3 aromatic carbocycles. The zero-order valence-electron chi connectivity index (χ0n) is 23.4. The Labute approximate surface area is 241 Å². The van der Waals surface area contributed by atoms with Crippen LogP contribution < -0.4 is 14.4 Å². The van der Waals surface area contributed by atoms with E-state index in [0.29, 0.717) is 22.8 Å². The number of benzene rings is 3. The molecule has 0 bridgehead atoms. The lowest BCUT2D eigenvalue weighted by Gasteiger charge is -2.33. The van der Waals surface area contributed by atoms with Crippen molar-refractivity contribution in [1.29, 1.82) is 0 Å². The normalized spacial score (nSPS) is 12.1. The number of methoxy groups -OCH3 is 1. The highest BCUT2D eigenvalue weighted by atomic mass is 35.5. The molecular formula is C30H36ClN3O5S. The minimum Gasteiger partial charge on any atom is -0.497 e. The standard InChI is InChI=1S/C30H36ClN3O5S/c1-6-28(30(36)32-21(2)3)33(19-23-10-7-8-13-27(23)31)29(35)20-34(24-11-9-12-25(18-24)39-5)40(37,38)26-16-14-22(4)15-17-26/h7-18,21,28H,6,19-20H2,1-5H3,(H,32,36)/t28-/m0/s1. The van der Waals surface area contributed by atoms with Crippen LogP contribution in [0.2, 0.25) is 5.02 Å². The molecular weight excluding hydrogens is 550 g/mol. The molecule has 0 aliphatic carbocycles. The van der Waals surface area contributed by atoms with E-state index in [0.717, 1.165) is 9.87 Å². The predicted octanol–water partition coefficient (Wildman–Crippen LogP) is 5.18. The number of amides is 2. The Morgan fingerprint density at radius 1 is 1.00 bits per heavy atom. The average molecular weight is 586 g/mol. The van der Waals surface area contributed by atoms with Crippen LogP contribution in [-0.4, -0.2) is 50.9 Å². The molecule has 1 N–H and O–H groups in total. The molecule has 3 rings (SSSR count). The summed E-state index contributed by atoms with van der Waals surface area (Å²) in [7, 11) is -2.69. The van der Waals surface area contributed by atoms with Crippen molar-refractivity contribution in [3.05, 3.63) is 88.9 Å². The van der Waals surface area contributed by atoms with Gasteiger partial charge in [0, 0.05) is 23.7 Å². The van der Waals surface area contributed by atoms with Crippen molar-refractivity contribution >= 4 is 39.1 Å². The minimum atomic E-state index is -4.17. The zero-order valence-corrected chi connectivity index (χ0v) is 25.0. The van der Waals surface area contributed by atoms with E-state index in [9.17, 15) is 18.0 Å². The van der Waals surface area contributed by atoms with Gasteiger partial charge in [-0.15, -0.1) is 0 Å². The van der Waals surface area contributed by atoms with Crippen molar-refractivity contribution in [3.8, 4) is 5.75 Å². The lowest BCUT2D eigenvalue weighted by molar-refractivity contribution is -0.140. The van der Waals surface area contributed by atoms with Crippen LogP contribution in [0.25, 0.3) is 0 Å². The Balaban J connectivity index is 2.09. The van der Waals surface area contributed by atoms with E-state index in [4.69, 9.17) is 16.3 Å². The molecule has 0 aliphatic rings. The second-order valence-electron chi connectivity index (χ2n) is 9.73. The van der Waals surface area contributed by atoms with E-state index in [1.807, 2.05) is 20.8 Å². The van der Waals surface area contributed by atoms with Gasteiger partial charge in [-0.1, -0.05) is 60.5 Å². The monoisotopic (exact) mass is 585 g/mol. The summed E-state index contributed by atoms with van der Waals surface area (Å²) in [6.45, 7) is 6.82. The first-order valence-electron chi connectivity index (χ1n) is 13.0. The molecule has 0 unspecified atom stereocenters. The lowest BCUT2D eigenvalue weighted by Crippen LogP contribution is -2.53. The van der Waals surface area contributed by atoms with E-state index < -0.39 is 28.5 Å². The number of sulfonamides is 1. The average Bonchev–Trinajstić information content (AvgIpc) is 2.92. The first kappa shape index (κ1) is 31.0. The number of hydrogen-bond donors (Lipinski definition) is 1. The molecule has 0 saturated heterocycles. The van der Waals surface area contributed by atoms with Crippen LogP contribution in [0, 0.1) is 6.92 Å². The maximum atomic E-state index is 14.1. The van der Waals surface area contributed by atoms with Crippen LogP contribution in [0.5, 0.6) is 5.75 Å². The molecule has 0 aliphatic heterocycles. The summed E-state index contributed by atoms with van der Waals surface area (Å²) in [5, 5.41) is 3.32. The molecule has 214 valence electrons. The number of carbonyl (C=O) groups is 2. The largest absolute Gasteiger partial charge is 0.497 e. The van der Waals surface area contributed by atoms with Gasteiger partial charge in [0.2, 0.25) is 11.8 Å². The number of rotatable bonds is 12. The Kier molecular flexibility index (Phi) is 10.6. The van der Waals surface area contributed by atoms with Gasteiger partial charge < -0.3 is 15.0 Å². The molecule has 10 heteroatoms. The Bertz CT molecular complexity index is 1430. The van der Waals surface area contributed by atoms with Gasteiger partial charge in [-0.05, 0) is 63.1 Å². The molecule has 0 radical (unpaired) electrons. The topological polar surface area (TPSA) is 96.0 Å². The molecule has 0 aromatic heterocycles. The smallest absolute Gasteiger partial charge is 0.264 e. The van der Waals surface area contributed by atoms with Crippen LogP contribution in [0.15, 0.2) is 77.7 Å². The zero-order chi connectivity index (χ0) is 29.4. The van der Waals surface area contributed by atoms with E-state index >= 15 is 0 Å². The Morgan fingerprint density at radius 2 is 1.68 bits per heavy atom. The van der Waals surface area contributed by atoms with Crippen molar-refractivity contribution < 1.29 is 22.7 Å². The third kappa shape index (κ3) is 7.55. The highest BCUT2D eigenvalue weighted by Gasteiger charge is 2.34. The number of halogens is 1. The van der Waals surface area contributed by atoms with E-state index in [1.54, 1.807) is 67.6 Å². The van der Waals surface area contributed by atoms with Gasteiger partial charge in [0.05, 0.1) is 17.7 Å². The second kappa shape index (κ2) is 13.7. The quantitative estimate of drug-likeness (QED) is 0.316. The molecule has 0 saturated carbocycles. The third-order valence-corrected chi connectivity index (χ3v) is 8.50. The maximum Gasteiger partial charge on any atom is 0.264 e. The van der Waals surface area contributed by atoms with Gasteiger partial charge >= 0.3 is 0 Å². The second-order valence-corrected chi connectivity index (χ2v) is 12.0. The number of ether oxygens (including phenoxy) is 1. The highest BCUT2D eigenvalue weighted by molar-refractivity contribution is 7.92. The molecule has 8 nitrogen and oxygen atoms in total. The van der Waals surface area contributed by atoms with Crippen molar-refractivity contribution in [3.63, 3.8) is 0 Å². The fraction of sp³-hybridized carbons (Fsp3) is 0.333. The molecule has 0 fully saturated rings. The van der Waals surface area contributed by atoms with Crippen LogP contribution in [0.1, 0.15) is 38.3 Å². The number of nitrogens with zero attached hydrogens (tertiary/aromatic N) is 2. The number of aryl methyl sites for hydroxylation is 1. The molecule has 0 spiro atoms. The minimum absolute atomic E-state index is 0.0268. The van der Waals surface area contributed by atoms with Crippen molar-refractivity contribution in [2.75, 3.05) is 18.0 Å². The summed E-state index contributed by atoms with van der Waals surface area (Å²) >= 11 is 6.43. The van der Waals surface area contributed by atoms with Gasteiger partial charge in [-0.2, -0.15) is 0 Å². The van der Waals surface area contributed by atoms with Crippen molar-refractivity contribution in [2.24, 2.45) is 0 Å². The molecule has 1 atom stereocenters. The SMILES string of the molecule is CC[C@@H](C(=O)NC(C)C)N(Cc1ccccc1Cl)C(=O)CN(c1cccc(OC)c1)S(=O)(=O)c1ccc(C)cc1. The van der Waals surface area contributed by atoms with E-state index in [1.165, 1.54) is 24.1 Å². The van der Waals surface area contributed by atoms with Crippen LogP contribution in [-0.2, 0) is 26.2 Å². The van der Waals surface area contributed by atoms with Gasteiger partial charge in [-0.25, -0.2) is 8.42 Å². The fourth-order valence-corrected chi connectivity index (χ4v) is 5.84. The summed E-state index contributed by atoms with van der Waals surface area (Å²) in [4.78, 5) is 28.7. The molecule has 0 heterocycles. The van der Waals surface area contributed by atoms with Crippen LogP contribution in [0.3, 0.4) is 0 Å². The number of carbonyl (C=O) groups excluding carboxylic acids is 2.